The third-order valence-electron chi connectivity index (χ3n) is 4.63. The van der Waals surface area contributed by atoms with Crippen LogP contribution in [-0.2, 0) is 0 Å². The van der Waals surface area contributed by atoms with Gasteiger partial charge in [-0.25, -0.2) is 0 Å². The molecule has 1 heterocycles. The lowest BCUT2D eigenvalue weighted by molar-refractivity contribution is 0.235. The molecule has 0 aromatic heterocycles. The Balaban J connectivity index is 2.87. The molecule has 1 aliphatic rings. The molecule has 1 aliphatic heterocycles. The van der Waals surface area contributed by atoms with Crippen molar-refractivity contribution in [2.45, 2.75) is 98.3 Å². The molecular formula is C18H37P. The highest BCUT2D eigenvalue weighted by Crippen LogP contribution is 2.68. The first-order chi connectivity index (χ1) is 8.25. The van der Waals surface area contributed by atoms with Crippen LogP contribution < -0.4 is 0 Å². The minimum absolute atomic E-state index is 0.101. The van der Waals surface area contributed by atoms with E-state index in [9.17, 15) is 0 Å². The molecule has 0 N–H and O–H groups in total. The maximum Gasteiger partial charge on any atom is -0.0146 e. The van der Waals surface area contributed by atoms with E-state index in [0.29, 0.717) is 21.1 Å². The maximum atomic E-state index is 2.53. The number of hydrogen-bond donors (Lipinski definition) is 0. The molecule has 0 unspecified atom stereocenters. The van der Waals surface area contributed by atoms with Gasteiger partial charge < -0.3 is 0 Å². The van der Waals surface area contributed by atoms with E-state index < -0.39 is 0 Å². The van der Waals surface area contributed by atoms with Gasteiger partial charge in [-0.3, -0.25) is 0 Å². The molecule has 0 aromatic rings. The van der Waals surface area contributed by atoms with Gasteiger partial charge in [-0.1, -0.05) is 76.7 Å². The largest absolute Gasteiger partial charge is 0.0945 e. The minimum atomic E-state index is 0.101. The second kappa shape index (κ2) is 5.32. The van der Waals surface area contributed by atoms with E-state index in [-0.39, 0.29) is 7.92 Å². The van der Waals surface area contributed by atoms with Crippen LogP contribution in [0.4, 0.5) is 0 Å². The maximum absolute atomic E-state index is 2.53. The highest BCUT2D eigenvalue weighted by Gasteiger charge is 2.45. The molecule has 0 spiro atoms. The van der Waals surface area contributed by atoms with Crippen LogP contribution in [0.2, 0.25) is 0 Å². The molecule has 0 radical (unpaired) electrons. The topological polar surface area (TPSA) is 0 Å². The normalized spacial score (nSPS) is 24.5. The van der Waals surface area contributed by atoms with Crippen molar-refractivity contribution in [2.75, 3.05) is 6.16 Å². The summed E-state index contributed by atoms with van der Waals surface area (Å²) in [5.41, 5.74) is 0.929. The first-order valence-electron chi connectivity index (χ1n) is 8.03. The second-order valence-electron chi connectivity index (χ2n) is 9.97. The Bertz CT molecular complexity index is 288. The van der Waals surface area contributed by atoms with Crippen molar-refractivity contribution in [2.24, 2.45) is 10.8 Å². The monoisotopic (exact) mass is 284 g/mol. The van der Waals surface area contributed by atoms with E-state index >= 15 is 0 Å². The molecule has 0 atom stereocenters. The van der Waals surface area contributed by atoms with Crippen LogP contribution >= 0.6 is 7.92 Å². The van der Waals surface area contributed by atoms with Gasteiger partial charge in [0.05, 0.1) is 0 Å². The summed E-state index contributed by atoms with van der Waals surface area (Å²) in [6.45, 7) is 22.3. The fourth-order valence-corrected chi connectivity index (χ4v) is 8.71. The van der Waals surface area contributed by atoms with Crippen molar-refractivity contribution in [3.8, 4) is 0 Å². The van der Waals surface area contributed by atoms with Gasteiger partial charge in [0.15, 0.2) is 0 Å². The molecule has 0 nitrogen and oxygen atoms in total. The Kier molecular flexibility index (Phi) is 4.90. The lowest BCUT2D eigenvalue weighted by Gasteiger charge is -2.53. The average Bonchev–Trinajstić information content (AvgIpc) is 2.07. The summed E-state index contributed by atoms with van der Waals surface area (Å²) in [5.74, 6) is 0. The zero-order valence-electron chi connectivity index (χ0n) is 15.0. The van der Waals surface area contributed by atoms with E-state index in [4.69, 9.17) is 0 Å². The van der Waals surface area contributed by atoms with E-state index in [1.165, 1.54) is 31.8 Å². The summed E-state index contributed by atoms with van der Waals surface area (Å²) in [4.78, 5) is 0. The third kappa shape index (κ3) is 5.04. The number of rotatable bonds is 3. The summed E-state index contributed by atoms with van der Waals surface area (Å²) in [6, 6.07) is 0. The van der Waals surface area contributed by atoms with Gasteiger partial charge in [-0.15, -0.1) is 0 Å². The van der Waals surface area contributed by atoms with Crippen molar-refractivity contribution in [3.05, 3.63) is 0 Å². The summed E-state index contributed by atoms with van der Waals surface area (Å²) in [7, 11) is 0.101. The van der Waals surface area contributed by atoms with Crippen LogP contribution in [0.5, 0.6) is 0 Å². The molecule has 0 aromatic carbocycles. The van der Waals surface area contributed by atoms with Gasteiger partial charge in [0.1, 0.15) is 0 Å². The lowest BCUT2D eigenvalue weighted by atomic mass is 9.77. The molecule has 0 aliphatic carbocycles. The standard InChI is InChI=1S/C18H37P/c1-15(2,3)13-16(4,5)14-19-17(6,7)11-10-12-18(19,8)9/h10-14H2,1-9H3. The van der Waals surface area contributed by atoms with Gasteiger partial charge in [0.2, 0.25) is 0 Å². The van der Waals surface area contributed by atoms with Gasteiger partial charge in [-0.05, 0) is 46.6 Å². The second-order valence-corrected chi connectivity index (χ2v) is 13.6. The van der Waals surface area contributed by atoms with Gasteiger partial charge in [0.25, 0.3) is 0 Å². The molecule has 1 rings (SSSR count). The summed E-state index contributed by atoms with van der Waals surface area (Å²) < 4.78 is 0. The molecule has 0 amide bonds. The molecule has 0 saturated carbocycles. The van der Waals surface area contributed by atoms with Gasteiger partial charge >= 0.3 is 0 Å². The first-order valence-corrected chi connectivity index (χ1v) is 9.56. The van der Waals surface area contributed by atoms with Crippen molar-refractivity contribution < 1.29 is 0 Å². The molecular weight excluding hydrogens is 247 g/mol. The first kappa shape index (κ1) is 17.5. The molecule has 114 valence electrons. The molecule has 1 heteroatoms. The smallest absolute Gasteiger partial charge is 0.0146 e. The van der Waals surface area contributed by atoms with Crippen molar-refractivity contribution in [1.29, 1.82) is 0 Å². The Hall–Kier alpha value is 0.430. The Morgan fingerprint density at radius 3 is 1.63 bits per heavy atom. The highest BCUT2D eigenvalue weighted by atomic mass is 31.1. The van der Waals surface area contributed by atoms with Crippen molar-refractivity contribution in [1.82, 2.24) is 0 Å². The summed E-state index contributed by atoms with van der Waals surface area (Å²) >= 11 is 0. The van der Waals surface area contributed by atoms with Crippen LogP contribution in [0.15, 0.2) is 0 Å². The quantitative estimate of drug-likeness (QED) is 0.507. The van der Waals surface area contributed by atoms with Crippen molar-refractivity contribution >= 4 is 7.92 Å². The van der Waals surface area contributed by atoms with Crippen LogP contribution in [0, 0.1) is 10.8 Å². The van der Waals surface area contributed by atoms with Crippen LogP contribution in [0.3, 0.4) is 0 Å². The minimum Gasteiger partial charge on any atom is -0.0945 e. The van der Waals surface area contributed by atoms with E-state index in [2.05, 4.69) is 62.3 Å². The lowest BCUT2D eigenvalue weighted by Crippen LogP contribution is -2.39. The zero-order chi connectivity index (χ0) is 15.1. The molecule has 1 fully saturated rings. The zero-order valence-corrected chi connectivity index (χ0v) is 15.9. The molecule has 1 saturated heterocycles. The average molecular weight is 284 g/mol. The predicted molar refractivity (Wildman–Crippen MR) is 91.6 cm³/mol. The fraction of sp³-hybridized carbons (Fsp3) is 1.00. The molecule has 0 bridgehead atoms. The van der Waals surface area contributed by atoms with Crippen molar-refractivity contribution in [3.63, 3.8) is 0 Å². The number of hydrogen-bond acceptors (Lipinski definition) is 0. The Labute approximate surface area is 123 Å². The van der Waals surface area contributed by atoms with Crippen LogP contribution in [0.1, 0.15) is 88.0 Å². The van der Waals surface area contributed by atoms with E-state index in [0.717, 1.165) is 0 Å². The summed E-state index contributed by atoms with van der Waals surface area (Å²) in [6.07, 6.45) is 7.09. The van der Waals surface area contributed by atoms with E-state index in [1.807, 2.05) is 0 Å². The third-order valence-corrected chi connectivity index (χ3v) is 9.18. The SMILES string of the molecule is CC(C)(C)CC(C)(C)CP1C(C)(C)CCCC1(C)C. The van der Waals surface area contributed by atoms with E-state index in [1.54, 1.807) is 0 Å². The Morgan fingerprint density at radius 2 is 1.26 bits per heavy atom. The molecule has 19 heavy (non-hydrogen) atoms. The highest BCUT2D eigenvalue weighted by molar-refractivity contribution is 7.61. The van der Waals surface area contributed by atoms with Gasteiger partial charge in [0, 0.05) is 0 Å². The van der Waals surface area contributed by atoms with Crippen LogP contribution in [-0.4, -0.2) is 16.5 Å². The van der Waals surface area contributed by atoms with Crippen LogP contribution in [0.25, 0.3) is 0 Å². The predicted octanol–water partition coefficient (Wildman–Crippen LogP) is 6.67. The Morgan fingerprint density at radius 1 is 0.842 bits per heavy atom. The van der Waals surface area contributed by atoms with Gasteiger partial charge in [-0.2, -0.15) is 0 Å². The fourth-order valence-electron chi connectivity index (χ4n) is 4.39. The summed E-state index contributed by atoms with van der Waals surface area (Å²) in [5, 5.41) is 1.15.